The first-order valence-electron chi connectivity index (χ1n) is 7.65. The molecule has 0 spiro atoms. The second kappa shape index (κ2) is 5.94. The molecule has 1 aromatic carbocycles. The first-order valence-corrected chi connectivity index (χ1v) is 7.65. The summed E-state index contributed by atoms with van der Waals surface area (Å²) in [6.45, 7) is 1.10. The topological polar surface area (TPSA) is 75.4 Å². The van der Waals surface area contributed by atoms with Crippen molar-refractivity contribution in [3.8, 4) is 0 Å². The van der Waals surface area contributed by atoms with Gasteiger partial charge in [0.15, 0.2) is 0 Å². The van der Waals surface area contributed by atoms with Crippen molar-refractivity contribution in [2.75, 3.05) is 13.1 Å². The molecule has 2 atom stereocenters. The molecule has 1 aromatic rings. The molecule has 2 unspecified atom stereocenters. The highest BCUT2D eigenvalue weighted by molar-refractivity contribution is 5.78. The fourth-order valence-corrected chi connectivity index (χ4v) is 3.08. The molecule has 118 valence electrons. The van der Waals surface area contributed by atoms with Gasteiger partial charge >= 0.3 is 6.03 Å². The highest BCUT2D eigenvalue weighted by Gasteiger charge is 2.40. The molecule has 1 saturated heterocycles. The van der Waals surface area contributed by atoms with E-state index in [1.54, 1.807) is 11.0 Å². The number of amides is 3. The Bertz CT molecular complexity index is 585. The number of nitrogens with one attached hydrogen (secondary N) is 1. The summed E-state index contributed by atoms with van der Waals surface area (Å²) < 4.78 is 13.2. The van der Waals surface area contributed by atoms with Crippen molar-refractivity contribution >= 4 is 11.9 Å². The number of rotatable bonds is 3. The molecule has 3 amide bonds. The number of hydrogen-bond donors (Lipinski definition) is 2. The van der Waals surface area contributed by atoms with Crippen molar-refractivity contribution in [2.24, 2.45) is 11.7 Å². The number of carbonyl (C=O) groups is 2. The fraction of sp³-hybridized carbons (Fsp3) is 0.500. The molecule has 0 radical (unpaired) electrons. The van der Waals surface area contributed by atoms with E-state index in [2.05, 4.69) is 5.32 Å². The van der Waals surface area contributed by atoms with Crippen LogP contribution in [0.1, 0.15) is 30.7 Å². The zero-order valence-corrected chi connectivity index (χ0v) is 12.3. The van der Waals surface area contributed by atoms with Crippen LogP contribution in [0.25, 0.3) is 0 Å². The highest BCUT2D eigenvalue weighted by atomic mass is 19.1. The normalized spacial score (nSPS) is 24.9. The maximum absolute atomic E-state index is 13.2. The summed E-state index contributed by atoms with van der Waals surface area (Å²) >= 11 is 0. The zero-order valence-electron chi connectivity index (χ0n) is 12.3. The molecule has 22 heavy (non-hydrogen) atoms. The minimum absolute atomic E-state index is 0.0724. The second-order valence-electron chi connectivity index (χ2n) is 6.12. The third-order valence-electron chi connectivity index (χ3n) is 4.56. The minimum atomic E-state index is -0.284. The molecule has 2 fully saturated rings. The lowest BCUT2D eigenvalue weighted by Gasteiger charge is -2.30. The second-order valence-corrected chi connectivity index (χ2v) is 6.12. The number of benzene rings is 1. The van der Waals surface area contributed by atoms with Crippen LogP contribution in [-0.4, -0.2) is 36.0 Å². The van der Waals surface area contributed by atoms with E-state index >= 15 is 0 Å². The van der Waals surface area contributed by atoms with Gasteiger partial charge in [0, 0.05) is 31.0 Å². The maximum Gasteiger partial charge on any atom is 0.317 e. The van der Waals surface area contributed by atoms with Crippen molar-refractivity contribution in [1.29, 1.82) is 0 Å². The Morgan fingerprint density at radius 1 is 1.27 bits per heavy atom. The van der Waals surface area contributed by atoms with Gasteiger partial charge < -0.3 is 16.0 Å². The van der Waals surface area contributed by atoms with Gasteiger partial charge in [-0.1, -0.05) is 12.1 Å². The van der Waals surface area contributed by atoms with Crippen molar-refractivity contribution in [2.45, 2.75) is 31.2 Å². The van der Waals surface area contributed by atoms with Crippen molar-refractivity contribution < 1.29 is 14.0 Å². The van der Waals surface area contributed by atoms with Gasteiger partial charge in [0.1, 0.15) is 5.82 Å². The molecule has 3 N–H and O–H groups in total. The van der Waals surface area contributed by atoms with E-state index in [1.807, 2.05) is 6.07 Å². The molecule has 5 nitrogen and oxygen atoms in total. The van der Waals surface area contributed by atoms with Crippen LogP contribution < -0.4 is 11.1 Å². The monoisotopic (exact) mass is 305 g/mol. The third-order valence-corrected chi connectivity index (χ3v) is 4.56. The molecule has 2 aliphatic rings. The number of halogens is 1. The van der Waals surface area contributed by atoms with Crippen LogP contribution in [0.3, 0.4) is 0 Å². The number of nitrogens with two attached hydrogens (primary N) is 1. The third kappa shape index (κ3) is 3.21. The summed E-state index contributed by atoms with van der Waals surface area (Å²) in [4.78, 5) is 25.0. The summed E-state index contributed by atoms with van der Waals surface area (Å²) in [5.74, 6) is -0.454. The molecule has 1 aliphatic heterocycles. The Hall–Kier alpha value is -2.11. The predicted octanol–water partition coefficient (Wildman–Crippen LogP) is 1.59. The van der Waals surface area contributed by atoms with Gasteiger partial charge in [-0.25, -0.2) is 9.18 Å². The van der Waals surface area contributed by atoms with Gasteiger partial charge in [-0.15, -0.1) is 0 Å². The van der Waals surface area contributed by atoms with E-state index in [4.69, 9.17) is 5.73 Å². The molecular formula is C16H20FN3O2. The number of nitrogens with zero attached hydrogens (tertiary/aromatic N) is 1. The van der Waals surface area contributed by atoms with Crippen LogP contribution in [0, 0.1) is 11.7 Å². The molecule has 1 saturated carbocycles. The molecular weight excluding hydrogens is 285 g/mol. The van der Waals surface area contributed by atoms with Gasteiger partial charge in [-0.05, 0) is 37.0 Å². The van der Waals surface area contributed by atoms with Crippen LogP contribution >= 0.6 is 0 Å². The summed E-state index contributed by atoms with van der Waals surface area (Å²) in [6.07, 6.45) is 2.09. The van der Waals surface area contributed by atoms with E-state index < -0.39 is 0 Å². The number of likely N-dealkylation sites (tertiary alicyclic amines) is 1. The number of primary amides is 1. The van der Waals surface area contributed by atoms with E-state index in [9.17, 15) is 14.0 Å². The van der Waals surface area contributed by atoms with Crippen LogP contribution in [0.15, 0.2) is 24.3 Å². The van der Waals surface area contributed by atoms with Crippen LogP contribution in [0.4, 0.5) is 9.18 Å². The van der Waals surface area contributed by atoms with Gasteiger partial charge in [0.25, 0.3) is 0 Å². The van der Waals surface area contributed by atoms with Crippen LogP contribution in [-0.2, 0) is 4.79 Å². The van der Waals surface area contributed by atoms with Crippen molar-refractivity contribution in [1.82, 2.24) is 10.2 Å². The zero-order chi connectivity index (χ0) is 15.7. The lowest BCUT2D eigenvalue weighted by molar-refractivity contribution is -0.123. The van der Waals surface area contributed by atoms with Gasteiger partial charge in [-0.2, -0.15) is 0 Å². The number of urea groups is 1. The SMILES string of the molecule is NC(=O)C1CCN(C(=O)NC2CC2c2cccc(F)c2)CC1. The number of hydrogen-bond acceptors (Lipinski definition) is 2. The van der Waals surface area contributed by atoms with Gasteiger partial charge in [0.2, 0.25) is 5.91 Å². The summed E-state index contributed by atoms with van der Waals surface area (Å²) in [5, 5.41) is 2.98. The van der Waals surface area contributed by atoms with Crippen molar-refractivity contribution in [3.63, 3.8) is 0 Å². The predicted molar refractivity (Wildman–Crippen MR) is 79.6 cm³/mol. The lowest BCUT2D eigenvalue weighted by atomic mass is 9.96. The van der Waals surface area contributed by atoms with Gasteiger partial charge in [-0.3, -0.25) is 4.79 Å². The highest BCUT2D eigenvalue weighted by Crippen LogP contribution is 2.41. The van der Waals surface area contributed by atoms with E-state index in [0.29, 0.717) is 25.9 Å². The molecule has 1 aliphatic carbocycles. The molecule has 1 heterocycles. The summed E-state index contributed by atoms with van der Waals surface area (Å²) in [5.41, 5.74) is 6.21. The standard InChI is InChI=1S/C16H20FN3O2/c17-12-3-1-2-11(8-12)13-9-14(13)19-16(22)20-6-4-10(5-7-20)15(18)21/h1-3,8,10,13-14H,4-7,9H2,(H2,18,21)(H,19,22). The minimum Gasteiger partial charge on any atom is -0.369 e. The first kappa shape index (κ1) is 14.8. The Kier molecular flexibility index (Phi) is 4.00. The summed E-state index contributed by atoms with van der Waals surface area (Å²) in [6, 6.07) is 6.49. The Morgan fingerprint density at radius 2 is 2.00 bits per heavy atom. The smallest absolute Gasteiger partial charge is 0.317 e. The number of piperidine rings is 1. The van der Waals surface area contributed by atoms with Crippen LogP contribution in [0.5, 0.6) is 0 Å². The maximum atomic E-state index is 13.2. The number of carbonyl (C=O) groups excluding carboxylic acids is 2. The average Bonchev–Trinajstić information content (AvgIpc) is 3.26. The van der Waals surface area contributed by atoms with Crippen molar-refractivity contribution in [3.05, 3.63) is 35.6 Å². The molecule has 0 bridgehead atoms. The fourth-order valence-electron chi connectivity index (χ4n) is 3.08. The van der Waals surface area contributed by atoms with E-state index in [0.717, 1.165) is 12.0 Å². The Morgan fingerprint density at radius 3 is 2.64 bits per heavy atom. The lowest BCUT2D eigenvalue weighted by Crippen LogP contribution is -2.47. The molecule has 3 rings (SSSR count). The molecule has 0 aromatic heterocycles. The van der Waals surface area contributed by atoms with E-state index in [1.165, 1.54) is 12.1 Å². The first-order chi connectivity index (χ1) is 10.5. The Labute approximate surface area is 128 Å². The average molecular weight is 305 g/mol. The Balaban J connectivity index is 1.49. The summed E-state index contributed by atoms with van der Waals surface area (Å²) in [7, 11) is 0. The largest absolute Gasteiger partial charge is 0.369 e. The quantitative estimate of drug-likeness (QED) is 0.890. The van der Waals surface area contributed by atoms with E-state index in [-0.39, 0.29) is 35.6 Å². The van der Waals surface area contributed by atoms with Crippen LogP contribution in [0.2, 0.25) is 0 Å². The molecule has 6 heteroatoms. The van der Waals surface area contributed by atoms with Gasteiger partial charge in [0.05, 0.1) is 0 Å².